The first-order valence-electron chi connectivity index (χ1n) is 10.5. The molecule has 1 atom stereocenters. The Bertz CT molecular complexity index is 1140. The number of anilines is 2. The molecule has 0 N–H and O–H groups in total. The number of carbonyl (C=O) groups excluding carboxylic acids is 1. The minimum Gasteiger partial charge on any atom is -0.369 e. The number of hydrogen-bond donors (Lipinski definition) is 0. The summed E-state index contributed by atoms with van der Waals surface area (Å²) in [7, 11) is -3.68. The van der Waals surface area contributed by atoms with E-state index in [1.165, 1.54) is 23.7 Å². The summed E-state index contributed by atoms with van der Waals surface area (Å²) in [5.74, 6) is -0.0703. The van der Waals surface area contributed by atoms with Crippen molar-refractivity contribution in [2.45, 2.75) is 45.1 Å². The molecule has 2 aliphatic rings. The fourth-order valence-corrected chi connectivity index (χ4v) is 7.18. The molecular weight excluding hydrogens is 478 g/mol. The lowest BCUT2D eigenvalue weighted by Crippen LogP contribution is -2.49. The third-order valence-corrected chi connectivity index (χ3v) is 9.32. The van der Waals surface area contributed by atoms with Crippen molar-refractivity contribution < 1.29 is 13.2 Å². The number of amides is 1. The molecule has 2 aliphatic heterocycles. The number of aryl methyl sites for hydroxylation is 1. The van der Waals surface area contributed by atoms with Crippen molar-refractivity contribution in [1.82, 2.24) is 4.31 Å². The van der Waals surface area contributed by atoms with Gasteiger partial charge in [-0.25, -0.2) is 8.42 Å². The summed E-state index contributed by atoms with van der Waals surface area (Å²) in [6.45, 7) is 9.83. The molecule has 2 aromatic rings. The molecular formula is C23H28BrN3O3S. The molecule has 0 aromatic heterocycles. The summed E-state index contributed by atoms with van der Waals surface area (Å²) in [4.78, 5) is 16.3. The van der Waals surface area contributed by atoms with E-state index >= 15 is 0 Å². The van der Waals surface area contributed by atoms with E-state index in [1.807, 2.05) is 19.1 Å². The van der Waals surface area contributed by atoms with Gasteiger partial charge in [0.1, 0.15) is 0 Å². The van der Waals surface area contributed by atoms with E-state index in [-0.39, 0.29) is 16.8 Å². The van der Waals surface area contributed by atoms with E-state index < -0.39 is 10.0 Å². The number of halogens is 1. The van der Waals surface area contributed by atoms with Gasteiger partial charge in [-0.2, -0.15) is 4.31 Å². The Hall–Kier alpha value is -1.90. The van der Waals surface area contributed by atoms with Crippen LogP contribution in [0.15, 0.2) is 39.7 Å². The largest absolute Gasteiger partial charge is 0.369 e. The predicted molar refractivity (Wildman–Crippen MR) is 127 cm³/mol. The van der Waals surface area contributed by atoms with Gasteiger partial charge in [0.25, 0.3) is 0 Å². The summed E-state index contributed by atoms with van der Waals surface area (Å²) in [5.41, 5.74) is 5.34. The molecule has 2 heterocycles. The van der Waals surface area contributed by atoms with Crippen LogP contribution in [-0.4, -0.2) is 50.9 Å². The van der Waals surface area contributed by atoms with E-state index in [9.17, 15) is 13.2 Å². The lowest BCUT2D eigenvalue weighted by molar-refractivity contribution is -0.116. The SMILES string of the molecule is CC(=O)N1c2cc(S(=O)(=O)N3CCN(c4cccc(C)c4C)CC3)c(Br)cc2C[C@H]1C. The smallest absolute Gasteiger partial charge is 0.244 e. The Labute approximate surface area is 193 Å². The average Bonchev–Trinajstić information content (AvgIpc) is 3.04. The van der Waals surface area contributed by atoms with Gasteiger partial charge in [-0.1, -0.05) is 12.1 Å². The molecule has 6 nitrogen and oxygen atoms in total. The Kier molecular flexibility index (Phi) is 5.91. The maximum Gasteiger partial charge on any atom is 0.244 e. The van der Waals surface area contributed by atoms with Crippen LogP contribution in [0.2, 0.25) is 0 Å². The molecule has 4 rings (SSSR count). The number of piperazine rings is 1. The first-order valence-corrected chi connectivity index (χ1v) is 12.8. The van der Waals surface area contributed by atoms with Crippen molar-refractivity contribution in [2.75, 3.05) is 36.0 Å². The third-order valence-electron chi connectivity index (χ3n) is 6.46. The lowest BCUT2D eigenvalue weighted by Gasteiger charge is -2.36. The van der Waals surface area contributed by atoms with Crippen molar-refractivity contribution in [3.63, 3.8) is 0 Å². The molecule has 1 saturated heterocycles. The van der Waals surface area contributed by atoms with Crippen LogP contribution in [-0.2, 0) is 21.2 Å². The van der Waals surface area contributed by atoms with Crippen molar-refractivity contribution in [3.8, 4) is 0 Å². The maximum absolute atomic E-state index is 13.5. The van der Waals surface area contributed by atoms with Gasteiger partial charge in [-0.3, -0.25) is 4.79 Å². The van der Waals surface area contributed by atoms with E-state index in [0.29, 0.717) is 36.3 Å². The van der Waals surface area contributed by atoms with E-state index in [4.69, 9.17) is 0 Å². The topological polar surface area (TPSA) is 60.9 Å². The number of benzene rings is 2. The lowest BCUT2D eigenvalue weighted by atomic mass is 10.1. The Morgan fingerprint density at radius 2 is 1.74 bits per heavy atom. The molecule has 0 spiro atoms. The molecule has 0 radical (unpaired) electrons. The minimum atomic E-state index is -3.68. The summed E-state index contributed by atoms with van der Waals surface area (Å²) in [5, 5.41) is 0. The Morgan fingerprint density at radius 3 is 2.39 bits per heavy atom. The van der Waals surface area contributed by atoms with Gasteiger partial charge < -0.3 is 9.80 Å². The molecule has 0 bridgehead atoms. The zero-order chi connectivity index (χ0) is 22.5. The zero-order valence-electron chi connectivity index (χ0n) is 18.4. The highest BCUT2D eigenvalue weighted by atomic mass is 79.9. The molecule has 2 aromatic carbocycles. The number of sulfonamides is 1. The highest BCUT2D eigenvalue weighted by Gasteiger charge is 2.35. The van der Waals surface area contributed by atoms with Crippen molar-refractivity contribution in [1.29, 1.82) is 0 Å². The molecule has 0 saturated carbocycles. The van der Waals surface area contributed by atoms with Crippen molar-refractivity contribution in [2.24, 2.45) is 0 Å². The number of nitrogens with zero attached hydrogens (tertiary/aromatic N) is 3. The number of rotatable bonds is 3. The van der Waals surface area contributed by atoms with E-state index in [1.54, 1.807) is 15.3 Å². The summed E-state index contributed by atoms with van der Waals surface area (Å²) in [6.07, 6.45) is 0.725. The molecule has 0 aliphatic carbocycles. The second kappa shape index (κ2) is 8.22. The predicted octanol–water partition coefficient (Wildman–Crippen LogP) is 3.87. The van der Waals surface area contributed by atoms with Crippen LogP contribution >= 0.6 is 15.9 Å². The zero-order valence-corrected chi connectivity index (χ0v) is 20.8. The van der Waals surface area contributed by atoms with E-state index in [2.05, 4.69) is 46.8 Å². The van der Waals surface area contributed by atoms with Crippen LogP contribution < -0.4 is 9.80 Å². The first-order chi connectivity index (χ1) is 14.6. The second-order valence-corrected chi connectivity index (χ2v) is 11.2. The van der Waals surface area contributed by atoms with Crippen molar-refractivity contribution >= 4 is 43.2 Å². The molecule has 8 heteroatoms. The van der Waals surface area contributed by atoms with Crippen LogP contribution in [0.1, 0.15) is 30.5 Å². The normalized spacial score (nSPS) is 19.6. The number of carbonyl (C=O) groups is 1. The van der Waals surface area contributed by atoms with Crippen LogP contribution in [0.5, 0.6) is 0 Å². The molecule has 31 heavy (non-hydrogen) atoms. The van der Waals surface area contributed by atoms with Crippen LogP contribution in [0, 0.1) is 13.8 Å². The molecule has 0 unspecified atom stereocenters. The Balaban J connectivity index is 1.59. The molecule has 1 fully saturated rings. The quantitative estimate of drug-likeness (QED) is 0.634. The second-order valence-electron chi connectivity index (χ2n) is 8.46. The summed E-state index contributed by atoms with van der Waals surface area (Å²) in [6, 6.07) is 9.78. The van der Waals surface area contributed by atoms with Gasteiger partial charge in [0, 0.05) is 55.0 Å². The van der Waals surface area contributed by atoms with Gasteiger partial charge in [0.05, 0.1) is 4.90 Å². The maximum atomic E-state index is 13.5. The van der Waals surface area contributed by atoms with Crippen LogP contribution in [0.3, 0.4) is 0 Å². The van der Waals surface area contributed by atoms with Gasteiger partial charge in [0.15, 0.2) is 0 Å². The highest BCUT2D eigenvalue weighted by molar-refractivity contribution is 9.10. The van der Waals surface area contributed by atoms with Gasteiger partial charge >= 0.3 is 0 Å². The minimum absolute atomic E-state index is 0.0264. The number of hydrogen-bond acceptors (Lipinski definition) is 4. The summed E-state index contributed by atoms with van der Waals surface area (Å²) < 4.78 is 29.1. The first kappa shape index (κ1) is 22.3. The summed E-state index contributed by atoms with van der Waals surface area (Å²) >= 11 is 3.48. The number of fused-ring (bicyclic) bond motifs is 1. The van der Waals surface area contributed by atoms with Gasteiger partial charge in [-0.05, 0) is 78.0 Å². The monoisotopic (exact) mass is 505 g/mol. The van der Waals surface area contributed by atoms with Crippen LogP contribution in [0.25, 0.3) is 0 Å². The van der Waals surface area contributed by atoms with Crippen LogP contribution in [0.4, 0.5) is 11.4 Å². The van der Waals surface area contributed by atoms with Crippen molar-refractivity contribution in [3.05, 3.63) is 51.5 Å². The fraction of sp³-hybridized carbons (Fsp3) is 0.435. The molecule has 1 amide bonds. The molecule has 166 valence electrons. The standard InChI is InChI=1S/C23H28BrN3O3S/c1-15-6-5-7-21(17(15)3)25-8-10-26(11-9-25)31(29,30)23-14-22-19(13-20(23)24)12-16(2)27(22)18(4)28/h5-7,13-14,16H,8-12H2,1-4H3/t16-/m1/s1. The highest BCUT2D eigenvalue weighted by Crippen LogP contribution is 2.39. The van der Waals surface area contributed by atoms with Gasteiger partial charge in [-0.15, -0.1) is 0 Å². The van der Waals surface area contributed by atoms with E-state index in [0.717, 1.165) is 12.0 Å². The third kappa shape index (κ3) is 3.90. The fourth-order valence-electron chi connectivity index (χ4n) is 4.68. The Morgan fingerprint density at radius 1 is 1.06 bits per heavy atom. The van der Waals surface area contributed by atoms with Gasteiger partial charge in [0.2, 0.25) is 15.9 Å². The average molecular weight is 506 g/mol.